The first-order valence-electron chi connectivity index (χ1n) is 2.63. The number of hydrogen-bond acceptors (Lipinski definition) is 0. The third-order valence-electron chi connectivity index (χ3n) is 0.889. The molecule has 0 bridgehead atoms. The van der Waals surface area contributed by atoms with Crippen molar-refractivity contribution in [1.29, 1.82) is 0 Å². The third-order valence-corrected chi connectivity index (χ3v) is 1.12. The van der Waals surface area contributed by atoms with Crippen LogP contribution < -0.4 is 0 Å². The molecule has 0 unspecified atom stereocenters. The summed E-state index contributed by atoms with van der Waals surface area (Å²) in [5.41, 5.74) is 0.956. The maximum atomic E-state index is 9.62. The first kappa shape index (κ1) is 14.0. The Hall–Kier alpha value is 0.413. The minimum atomic E-state index is -0.125. The van der Waals surface area contributed by atoms with Gasteiger partial charge >= 0.3 is 22.1 Å². The van der Waals surface area contributed by atoms with Crippen molar-refractivity contribution in [3.8, 4) is 0 Å². The molecule has 0 nitrogen and oxygen atoms in total. The molecule has 1 aromatic rings. The standard InChI is InChI=1S/C7H6Cl.BrH.FH.Zn/c1-6-3-2-4-7(8)5-6;;;/h2-5H,1H2;2*1H;/q-1;;;+2/p-1. The van der Waals surface area contributed by atoms with E-state index < -0.39 is 0 Å². The fraction of sp³-hybridized carbons (Fsp3) is 0. The van der Waals surface area contributed by atoms with E-state index >= 15 is 0 Å². The number of rotatable bonds is 0. The normalized spacial score (nSPS) is 7.27. The molecule has 4 heteroatoms. The van der Waals surface area contributed by atoms with Gasteiger partial charge in [0.05, 0.1) is 0 Å². The van der Waals surface area contributed by atoms with Gasteiger partial charge in [-0.25, -0.2) is 0 Å². The molecule has 0 N–H and O–H groups in total. The summed E-state index contributed by atoms with van der Waals surface area (Å²) in [4.78, 5) is 0. The fourth-order valence-electron chi connectivity index (χ4n) is 0.537. The average Bonchev–Trinajstić information content (AvgIpc) is 1.91. The maximum absolute atomic E-state index is 9.62. The number of hydrogen-bond donors (Lipinski definition) is 0. The van der Waals surface area contributed by atoms with Crippen molar-refractivity contribution >= 4 is 28.6 Å². The molecule has 0 aliphatic carbocycles. The quantitative estimate of drug-likeness (QED) is 0.507. The SMILES string of the molecule is Br.[CH2-]c1cccc(Cl)c1.[F][Zn+]. The van der Waals surface area contributed by atoms with E-state index in [2.05, 4.69) is 6.92 Å². The Bertz CT molecular complexity index is 178. The van der Waals surface area contributed by atoms with Crippen LogP contribution in [0.15, 0.2) is 24.3 Å². The molecule has 1 rings (SSSR count). The Morgan fingerprint density at radius 3 is 2.18 bits per heavy atom. The van der Waals surface area contributed by atoms with Crippen LogP contribution in [-0.4, -0.2) is 0 Å². The molecule has 0 aromatic heterocycles. The van der Waals surface area contributed by atoms with E-state index in [1.807, 2.05) is 24.3 Å². The Balaban J connectivity index is 0. The van der Waals surface area contributed by atoms with Crippen molar-refractivity contribution in [2.75, 3.05) is 0 Å². The molecule has 1 aromatic carbocycles. The zero-order valence-corrected chi connectivity index (χ0v) is 11.3. The van der Waals surface area contributed by atoms with Crippen LogP contribution in [0.5, 0.6) is 0 Å². The fourth-order valence-corrected chi connectivity index (χ4v) is 0.750. The van der Waals surface area contributed by atoms with Crippen LogP contribution in [0.2, 0.25) is 5.02 Å². The van der Waals surface area contributed by atoms with Crippen LogP contribution >= 0.6 is 28.6 Å². The van der Waals surface area contributed by atoms with Gasteiger partial charge < -0.3 is 0 Å². The molecule has 0 fully saturated rings. The second-order valence-electron chi connectivity index (χ2n) is 1.63. The van der Waals surface area contributed by atoms with E-state index in [1.165, 1.54) is 0 Å². The summed E-state index contributed by atoms with van der Waals surface area (Å²) in [5, 5.41) is 0.748. The van der Waals surface area contributed by atoms with Gasteiger partial charge in [0.15, 0.2) is 0 Å². The zero-order valence-electron chi connectivity index (χ0n) is 5.89. The summed E-state index contributed by atoms with van der Waals surface area (Å²) < 4.78 is 9.62. The summed E-state index contributed by atoms with van der Waals surface area (Å²) in [6, 6.07) is 7.44. The van der Waals surface area contributed by atoms with Crippen molar-refractivity contribution in [1.82, 2.24) is 0 Å². The third kappa shape index (κ3) is 6.80. The minimum absolute atomic E-state index is 0. The topological polar surface area (TPSA) is 0 Å². The van der Waals surface area contributed by atoms with Crippen LogP contribution in [0.25, 0.3) is 0 Å². The molecule has 0 atom stereocenters. The molecule has 58 valence electrons. The number of halogens is 3. The second-order valence-corrected chi connectivity index (χ2v) is 2.07. The van der Waals surface area contributed by atoms with Gasteiger partial charge in [-0.15, -0.1) is 29.1 Å². The van der Waals surface area contributed by atoms with Gasteiger partial charge in [0.25, 0.3) is 0 Å². The van der Waals surface area contributed by atoms with Gasteiger partial charge in [-0.2, -0.15) is 18.6 Å². The van der Waals surface area contributed by atoms with Crippen molar-refractivity contribution in [2.45, 2.75) is 0 Å². The van der Waals surface area contributed by atoms with E-state index in [0.29, 0.717) is 0 Å². The summed E-state index contributed by atoms with van der Waals surface area (Å²) in [6.45, 7) is 3.70. The predicted molar refractivity (Wildman–Crippen MR) is 47.3 cm³/mol. The Morgan fingerprint density at radius 2 is 1.91 bits per heavy atom. The van der Waals surface area contributed by atoms with E-state index in [1.54, 1.807) is 0 Å². The van der Waals surface area contributed by atoms with Gasteiger partial charge in [-0.1, -0.05) is 17.7 Å². The molecule has 0 heterocycles. The molecule has 0 saturated heterocycles. The summed E-state index contributed by atoms with van der Waals surface area (Å²) in [7, 11) is 0. The second kappa shape index (κ2) is 8.51. The molecule has 0 aliphatic rings. The van der Waals surface area contributed by atoms with Gasteiger partial charge in [0, 0.05) is 0 Å². The summed E-state index contributed by atoms with van der Waals surface area (Å²) in [5.74, 6) is 0. The van der Waals surface area contributed by atoms with E-state index in [9.17, 15) is 3.32 Å². The molecule has 0 amide bonds. The van der Waals surface area contributed by atoms with Crippen LogP contribution in [0.3, 0.4) is 0 Å². The van der Waals surface area contributed by atoms with Crippen molar-refractivity contribution in [2.24, 2.45) is 0 Å². The molecule has 0 aliphatic heterocycles. The summed E-state index contributed by atoms with van der Waals surface area (Å²) >= 11 is 5.48. The van der Waals surface area contributed by atoms with E-state index in [0.717, 1.165) is 10.6 Å². The van der Waals surface area contributed by atoms with Gasteiger partial charge in [0.2, 0.25) is 0 Å². The van der Waals surface area contributed by atoms with Crippen LogP contribution in [-0.2, 0) is 18.8 Å². The molecule has 11 heavy (non-hydrogen) atoms. The first-order chi connectivity index (χ1) is 4.79. The van der Waals surface area contributed by atoms with Crippen LogP contribution in [0.1, 0.15) is 5.56 Å². The van der Waals surface area contributed by atoms with Gasteiger partial charge in [-0.3, -0.25) is 0 Å². The van der Waals surface area contributed by atoms with E-state index in [4.69, 9.17) is 11.6 Å². The number of benzene rings is 1. The van der Waals surface area contributed by atoms with Crippen LogP contribution in [0.4, 0.5) is 3.32 Å². The Morgan fingerprint density at radius 1 is 1.36 bits per heavy atom. The van der Waals surface area contributed by atoms with E-state index in [-0.39, 0.29) is 35.8 Å². The molecule has 0 radical (unpaired) electrons. The Labute approximate surface area is 92.2 Å². The average molecular weight is 291 g/mol. The molecule has 0 saturated carbocycles. The van der Waals surface area contributed by atoms with Gasteiger partial charge in [-0.05, 0) is 5.02 Å². The molecular weight excluding hydrogens is 284 g/mol. The molecule has 0 spiro atoms. The van der Waals surface area contributed by atoms with Crippen molar-refractivity contribution < 1.29 is 22.1 Å². The van der Waals surface area contributed by atoms with Gasteiger partial charge in [0.1, 0.15) is 0 Å². The first-order valence-corrected chi connectivity index (χ1v) is 4.13. The molecular formula is C7H7BrClFZn. The summed E-state index contributed by atoms with van der Waals surface area (Å²) in [6.07, 6.45) is 0. The monoisotopic (exact) mass is 288 g/mol. The van der Waals surface area contributed by atoms with Crippen molar-refractivity contribution in [3.05, 3.63) is 41.8 Å². The Kier molecular flexibility index (Phi) is 10.8. The van der Waals surface area contributed by atoms with Crippen LogP contribution in [0, 0.1) is 6.92 Å². The van der Waals surface area contributed by atoms with Crippen molar-refractivity contribution in [3.63, 3.8) is 0 Å². The zero-order chi connectivity index (χ0) is 7.98. The predicted octanol–water partition coefficient (Wildman–Crippen LogP) is 3.52.